The molecule has 4 N–H and O–H groups in total. The second-order valence-corrected chi connectivity index (χ2v) is 5.62. The lowest BCUT2D eigenvalue weighted by Crippen LogP contribution is -2.15. The maximum Gasteiger partial charge on any atom is 0.379 e. The number of hydrogen-bond donors (Lipinski definition) is 3. The standard InChI is InChI=1S/C18H20N2O5/c1-2-3-12(17(21)22)10-14-8-9-15(24-14)18(23)25-13-6-4-11(5-7-13)16(19)20/h4-9,12H,2-3,10H2,1H3,(H3,19,20)(H,21,22). The summed E-state index contributed by atoms with van der Waals surface area (Å²) in [7, 11) is 0. The molecule has 0 fully saturated rings. The molecule has 0 saturated heterocycles. The molecule has 132 valence electrons. The van der Waals surface area contributed by atoms with Gasteiger partial charge < -0.3 is 20.0 Å². The Bertz CT molecular complexity index is 764. The van der Waals surface area contributed by atoms with Crippen LogP contribution in [0.5, 0.6) is 5.75 Å². The van der Waals surface area contributed by atoms with E-state index in [-0.39, 0.29) is 18.0 Å². The number of nitrogen functional groups attached to an aromatic ring is 1. The molecule has 7 nitrogen and oxygen atoms in total. The molecule has 0 saturated carbocycles. The third-order valence-corrected chi connectivity index (χ3v) is 3.67. The maximum absolute atomic E-state index is 12.1. The second-order valence-electron chi connectivity index (χ2n) is 5.62. The molecule has 0 amide bonds. The molecule has 0 aliphatic carbocycles. The van der Waals surface area contributed by atoms with E-state index in [0.29, 0.717) is 23.5 Å². The van der Waals surface area contributed by atoms with Crippen molar-refractivity contribution in [2.24, 2.45) is 11.7 Å². The lowest BCUT2D eigenvalue weighted by atomic mass is 9.99. The molecule has 1 atom stereocenters. The fourth-order valence-electron chi connectivity index (χ4n) is 2.36. The number of rotatable bonds is 8. The molecular weight excluding hydrogens is 324 g/mol. The van der Waals surface area contributed by atoms with Crippen LogP contribution in [0.4, 0.5) is 0 Å². The molecule has 0 aliphatic heterocycles. The van der Waals surface area contributed by atoms with Crippen LogP contribution >= 0.6 is 0 Å². The van der Waals surface area contributed by atoms with E-state index >= 15 is 0 Å². The van der Waals surface area contributed by atoms with Crippen LogP contribution in [0.25, 0.3) is 0 Å². The molecule has 2 rings (SSSR count). The smallest absolute Gasteiger partial charge is 0.379 e. The van der Waals surface area contributed by atoms with Gasteiger partial charge in [-0.25, -0.2) is 4.79 Å². The van der Waals surface area contributed by atoms with Crippen molar-refractivity contribution in [1.82, 2.24) is 0 Å². The number of furan rings is 1. The summed E-state index contributed by atoms with van der Waals surface area (Å²) in [6, 6.07) is 9.25. The van der Waals surface area contributed by atoms with Gasteiger partial charge in [0.1, 0.15) is 17.3 Å². The van der Waals surface area contributed by atoms with Gasteiger partial charge in [-0.15, -0.1) is 0 Å². The highest BCUT2D eigenvalue weighted by Gasteiger charge is 2.20. The maximum atomic E-state index is 12.1. The van der Waals surface area contributed by atoms with Crippen LogP contribution in [-0.4, -0.2) is 22.9 Å². The molecule has 7 heteroatoms. The summed E-state index contributed by atoms with van der Waals surface area (Å²) in [4.78, 5) is 23.3. The number of nitrogens with one attached hydrogen (secondary N) is 1. The van der Waals surface area contributed by atoms with Gasteiger partial charge in [-0.05, 0) is 42.8 Å². The highest BCUT2D eigenvalue weighted by atomic mass is 16.5. The second kappa shape index (κ2) is 8.14. The number of aliphatic carboxylic acids is 1. The molecule has 0 aliphatic rings. The Morgan fingerprint density at radius 2 is 1.92 bits per heavy atom. The zero-order valence-corrected chi connectivity index (χ0v) is 13.8. The number of carbonyl (C=O) groups is 2. The molecule has 0 radical (unpaired) electrons. The number of carbonyl (C=O) groups excluding carboxylic acids is 1. The summed E-state index contributed by atoms with van der Waals surface area (Å²) in [5, 5.41) is 16.5. The molecule has 1 unspecified atom stereocenters. The van der Waals surface area contributed by atoms with Crippen LogP contribution in [0.1, 0.15) is 41.6 Å². The Kier molecular flexibility index (Phi) is 5.94. The van der Waals surface area contributed by atoms with Gasteiger partial charge in [0.25, 0.3) is 0 Å². The first-order chi connectivity index (χ1) is 11.9. The van der Waals surface area contributed by atoms with Crippen molar-refractivity contribution >= 4 is 17.8 Å². The van der Waals surface area contributed by atoms with Gasteiger partial charge in [0.15, 0.2) is 0 Å². The molecule has 1 heterocycles. The van der Waals surface area contributed by atoms with Gasteiger partial charge in [0.05, 0.1) is 5.92 Å². The van der Waals surface area contributed by atoms with E-state index < -0.39 is 17.9 Å². The van der Waals surface area contributed by atoms with Gasteiger partial charge >= 0.3 is 11.9 Å². The van der Waals surface area contributed by atoms with Gasteiger partial charge in [-0.2, -0.15) is 0 Å². The highest BCUT2D eigenvalue weighted by molar-refractivity contribution is 5.95. The predicted molar refractivity (Wildman–Crippen MR) is 90.9 cm³/mol. The molecule has 25 heavy (non-hydrogen) atoms. The van der Waals surface area contributed by atoms with Crippen molar-refractivity contribution in [1.29, 1.82) is 5.41 Å². The van der Waals surface area contributed by atoms with Crippen molar-refractivity contribution < 1.29 is 23.8 Å². The number of carboxylic acid groups (broad SMARTS) is 1. The normalized spacial score (nSPS) is 11.7. The van der Waals surface area contributed by atoms with Crippen LogP contribution in [-0.2, 0) is 11.2 Å². The zero-order valence-electron chi connectivity index (χ0n) is 13.8. The summed E-state index contributed by atoms with van der Waals surface area (Å²) in [5.41, 5.74) is 5.88. The van der Waals surface area contributed by atoms with E-state index in [1.54, 1.807) is 18.2 Å². The number of nitrogens with two attached hydrogens (primary N) is 1. The Balaban J connectivity index is 2.02. The first kappa shape index (κ1) is 18.3. The minimum atomic E-state index is -0.882. The number of amidine groups is 1. The topological polar surface area (TPSA) is 127 Å². The van der Waals surface area contributed by atoms with E-state index in [9.17, 15) is 14.7 Å². The third-order valence-electron chi connectivity index (χ3n) is 3.67. The van der Waals surface area contributed by atoms with E-state index in [4.69, 9.17) is 20.3 Å². The number of esters is 1. The average Bonchev–Trinajstić information content (AvgIpc) is 3.03. The van der Waals surface area contributed by atoms with E-state index in [1.807, 2.05) is 6.92 Å². The average molecular weight is 344 g/mol. The van der Waals surface area contributed by atoms with E-state index in [1.165, 1.54) is 18.2 Å². The molecular formula is C18H20N2O5. The Morgan fingerprint density at radius 1 is 1.24 bits per heavy atom. The van der Waals surface area contributed by atoms with Crippen molar-refractivity contribution in [2.75, 3.05) is 0 Å². The highest BCUT2D eigenvalue weighted by Crippen LogP contribution is 2.19. The molecule has 1 aromatic carbocycles. The summed E-state index contributed by atoms with van der Waals surface area (Å²) in [6.07, 6.45) is 1.52. The first-order valence-electron chi connectivity index (χ1n) is 7.88. The number of hydrogen-bond acceptors (Lipinski definition) is 5. The number of ether oxygens (including phenoxy) is 1. The van der Waals surface area contributed by atoms with Gasteiger partial charge in [-0.3, -0.25) is 10.2 Å². The molecule has 0 spiro atoms. The summed E-state index contributed by atoms with van der Waals surface area (Å²) in [5.74, 6) is -1.45. The minimum absolute atomic E-state index is 0.00582. The lowest BCUT2D eigenvalue weighted by molar-refractivity contribution is -0.142. The molecule has 0 bridgehead atoms. The van der Waals surface area contributed by atoms with Gasteiger partial charge in [0.2, 0.25) is 5.76 Å². The SMILES string of the molecule is CCCC(Cc1ccc(C(=O)Oc2ccc(C(=N)N)cc2)o1)C(=O)O. The van der Waals surface area contributed by atoms with Crippen molar-refractivity contribution in [3.63, 3.8) is 0 Å². The third kappa shape index (κ3) is 4.94. The number of carboxylic acids is 1. The van der Waals surface area contributed by atoms with Crippen LogP contribution in [0.3, 0.4) is 0 Å². The van der Waals surface area contributed by atoms with Crippen LogP contribution in [0, 0.1) is 11.3 Å². The van der Waals surface area contributed by atoms with E-state index in [0.717, 1.165) is 6.42 Å². The Morgan fingerprint density at radius 3 is 2.48 bits per heavy atom. The minimum Gasteiger partial charge on any atom is -0.481 e. The Hall–Kier alpha value is -3.09. The van der Waals surface area contributed by atoms with Crippen molar-refractivity contribution in [3.8, 4) is 5.75 Å². The fraction of sp³-hybridized carbons (Fsp3) is 0.278. The summed E-state index contributed by atoms with van der Waals surface area (Å²) < 4.78 is 10.6. The molecule has 1 aromatic heterocycles. The molecule has 2 aromatic rings. The Labute approximate surface area is 144 Å². The van der Waals surface area contributed by atoms with Crippen LogP contribution in [0.2, 0.25) is 0 Å². The lowest BCUT2D eigenvalue weighted by Gasteiger charge is -2.08. The quantitative estimate of drug-likeness (QED) is 0.292. The summed E-state index contributed by atoms with van der Waals surface area (Å²) in [6.45, 7) is 1.91. The van der Waals surface area contributed by atoms with Gasteiger partial charge in [-0.1, -0.05) is 13.3 Å². The van der Waals surface area contributed by atoms with Gasteiger partial charge in [0, 0.05) is 12.0 Å². The predicted octanol–water partition coefficient (Wildman–Crippen LogP) is 2.83. The monoisotopic (exact) mass is 344 g/mol. The summed E-state index contributed by atoms with van der Waals surface area (Å²) >= 11 is 0. The van der Waals surface area contributed by atoms with E-state index in [2.05, 4.69) is 0 Å². The van der Waals surface area contributed by atoms with Crippen LogP contribution in [0.15, 0.2) is 40.8 Å². The fourth-order valence-corrected chi connectivity index (χ4v) is 2.36. The largest absolute Gasteiger partial charge is 0.481 e. The zero-order chi connectivity index (χ0) is 18.4. The van der Waals surface area contributed by atoms with Crippen molar-refractivity contribution in [2.45, 2.75) is 26.2 Å². The first-order valence-corrected chi connectivity index (χ1v) is 7.88. The van der Waals surface area contributed by atoms with Crippen molar-refractivity contribution in [3.05, 3.63) is 53.5 Å². The van der Waals surface area contributed by atoms with Crippen LogP contribution < -0.4 is 10.5 Å². The number of benzene rings is 1.